The summed E-state index contributed by atoms with van der Waals surface area (Å²) in [5.41, 5.74) is -1.18. The van der Waals surface area contributed by atoms with Crippen LogP contribution in [0.4, 0.5) is 0 Å². The van der Waals surface area contributed by atoms with Gasteiger partial charge in [0.2, 0.25) is 20.6 Å². The lowest BCUT2D eigenvalue weighted by Gasteiger charge is -2.42. The summed E-state index contributed by atoms with van der Waals surface area (Å²) in [5.74, 6) is -2.48. The number of carbonyl (C=O) groups is 2. The van der Waals surface area contributed by atoms with Crippen molar-refractivity contribution in [2.75, 3.05) is 0 Å². The molecule has 1 aliphatic heterocycles. The van der Waals surface area contributed by atoms with Crippen LogP contribution in [0.25, 0.3) is 0 Å². The Morgan fingerprint density at radius 3 is 1.83 bits per heavy atom. The highest BCUT2D eigenvalue weighted by atomic mass is 32.2. The van der Waals surface area contributed by atoms with Crippen molar-refractivity contribution < 1.29 is 36.6 Å². The lowest BCUT2D eigenvalue weighted by molar-refractivity contribution is -0.149. The van der Waals surface area contributed by atoms with Crippen LogP contribution in [0.15, 0.2) is 0 Å². The first-order valence-corrected chi connectivity index (χ1v) is 11.6. The van der Waals surface area contributed by atoms with Gasteiger partial charge in [0.15, 0.2) is 0 Å². The summed E-state index contributed by atoms with van der Waals surface area (Å²) in [4.78, 5) is 21.8. The van der Waals surface area contributed by atoms with E-state index in [0.717, 1.165) is 17.2 Å². The quantitative estimate of drug-likeness (QED) is 0.428. The van der Waals surface area contributed by atoms with Gasteiger partial charge in [-0.25, -0.2) is 0 Å². The minimum atomic E-state index is -2.58. The monoisotopic (exact) mass is 465 g/mol. The normalized spacial score (nSPS) is 17.1. The van der Waals surface area contributed by atoms with Crippen LogP contribution in [0.2, 0.25) is 0 Å². The summed E-state index contributed by atoms with van der Waals surface area (Å²) in [6.07, 6.45) is 4.41. The molecule has 11 heteroatoms. The number of carboxylic acid groups (broad SMARTS) is 2. The molecule has 2 radical (unpaired) electrons. The van der Waals surface area contributed by atoms with Gasteiger partial charge in [0, 0.05) is 28.2 Å². The van der Waals surface area contributed by atoms with Gasteiger partial charge in [-0.2, -0.15) is 16.8 Å². The molecule has 1 fully saturated rings. The zero-order valence-electron chi connectivity index (χ0n) is 17.7. The molecule has 0 aromatic heterocycles. The lowest BCUT2D eigenvalue weighted by Crippen LogP contribution is -2.55. The van der Waals surface area contributed by atoms with Gasteiger partial charge in [0.1, 0.15) is 0 Å². The van der Waals surface area contributed by atoms with Gasteiger partial charge < -0.3 is 15.5 Å². The van der Waals surface area contributed by atoms with E-state index in [9.17, 15) is 31.5 Å². The van der Waals surface area contributed by atoms with Crippen molar-refractivity contribution >= 4 is 43.3 Å². The van der Waals surface area contributed by atoms with Gasteiger partial charge in [-0.3, -0.25) is 9.59 Å². The molecule has 0 amide bonds. The fraction of sp³-hybridized carbons (Fsp3) is 0.684. The Labute approximate surface area is 180 Å². The first kappa shape index (κ1) is 28.3. The predicted octanol–water partition coefficient (Wildman–Crippen LogP) is 1.40. The second-order valence-electron chi connectivity index (χ2n) is 8.43. The Hall–Kier alpha value is -1.72. The maximum absolute atomic E-state index is 11.3. The number of piperidine rings is 1. The topological polar surface area (TPSA) is 155 Å². The molecule has 1 heterocycles. The van der Waals surface area contributed by atoms with Crippen molar-refractivity contribution in [3.05, 3.63) is 12.8 Å². The summed E-state index contributed by atoms with van der Waals surface area (Å²) >= 11 is 0. The van der Waals surface area contributed by atoms with E-state index in [0.29, 0.717) is 0 Å². The molecule has 0 aliphatic carbocycles. The molecule has 172 valence electrons. The molecule has 0 aromatic rings. The Morgan fingerprint density at radius 1 is 1.03 bits per heavy atom. The molecule has 1 aliphatic rings. The summed E-state index contributed by atoms with van der Waals surface area (Å²) in [5, 5.41) is 22.8. The molecule has 0 bridgehead atoms. The molecule has 1 rings (SSSR count). The summed E-state index contributed by atoms with van der Waals surface area (Å²) in [6.45, 7) is 8.87. The van der Waals surface area contributed by atoms with Gasteiger partial charge in [-0.05, 0) is 72.6 Å². The van der Waals surface area contributed by atoms with Crippen LogP contribution in [0.5, 0.6) is 0 Å². The van der Waals surface area contributed by atoms with E-state index in [2.05, 4.69) is 45.9 Å². The van der Waals surface area contributed by atoms with Crippen molar-refractivity contribution in [3.8, 4) is 0 Å². The molecule has 1 saturated heterocycles. The average Bonchev–Trinajstić information content (AvgIpc) is 2.54. The molecular weight excluding hydrogens is 434 g/mol. The van der Waals surface area contributed by atoms with Gasteiger partial charge in [0.25, 0.3) is 0 Å². The summed E-state index contributed by atoms with van der Waals surface area (Å²) in [7, 11) is -5.16. The fourth-order valence-corrected chi connectivity index (χ4v) is 4.13. The van der Waals surface area contributed by atoms with E-state index in [-0.39, 0.29) is 30.3 Å². The minimum absolute atomic E-state index is 0.000295. The first-order chi connectivity index (χ1) is 13.6. The summed E-state index contributed by atoms with van der Waals surface area (Å²) in [6, 6.07) is 0. The molecular formula is C19H31NO8S2. The third-order valence-corrected chi connectivity index (χ3v) is 5.42. The number of carboxylic acids is 2. The third-order valence-electron chi connectivity index (χ3n) is 4.54. The zero-order valence-corrected chi connectivity index (χ0v) is 19.3. The van der Waals surface area contributed by atoms with Crippen LogP contribution in [-0.4, -0.2) is 60.8 Å². The average molecular weight is 466 g/mol. The van der Waals surface area contributed by atoms with E-state index in [1.165, 1.54) is 0 Å². The van der Waals surface area contributed by atoms with Gasteiger partial charge in [0.05, 0.1) is 5.41 Å². The molecule has 3 N–H and O–H groups in total. The minimum Gasteiger partial charge on any atom is -0.481 e. The van der Waals surface area contributed by atoms with Crippen molar-refractivity contribution in [2.24, 2.45) is 5.41 Å². The Kier molecular flexibility index (Phi) is 11.5. The van der Waals surface area contributed by atoms with Gasteiger partial charge in [-0.15, -0.1) is 0 Å². The van der Waals surface area contributed by atoms with E-state index < -0.39 is 50.8 Å². The van der Waals surface area contributed by atoms with Crippen LogP contribution in [-0.2, 0) is 30.2 Å². The van der Waals surface area contributed by atoms with Crippen LogP contribution in [0.3, 0.4) is 0 Å². The highest BCUT2D eigenvalue weighted by Gasteiger charge is 2.37. The molecule has 0 aromatic carbocycles. The van der Waals surface area contributed by atoms with E-state index >= 15 is 0 Å². The zero-order chi connectivity index (χ0) is 23.6. The maximum atomic E-state index is 11.3. The van der Waals surface area contributed by atoms with Crippen LogP contribution in [0.1, 0.15) is 66.2 Å². The smallest absolute Gasteiger partial charge is 0.310 e. The standard InChI is InChI=1S/C10H14O8S2.C9H17N/c11-8(12)2-1-3-10(9(13)14,4-6-19(15)16)5-7-20(17)18;1-8(2)6-5-7-9(3,4)10-8/h6-7H,1-5H2,(H,11,12)(H,13,14);5-6,10H,7H2,1-4H3. The van der Waals surface area contributed by atoms with Crippen molar-refractivity contribution in [1.29, 1.82) is 0 Å². The third kappa shape index (κ3) is 12.1. The van der Waals surface area contributed by atoms with E-state index in [1.807, 2.05) is 0 Å². The van der Waals surface area contributed by atoms with Crippen molar-refractivity contribution in [1.82, 2.24) is 5.32 Å². The largest absolute Gasteiger partial charge is 0.481 e. The molecule has 0 atom stereocenters. The fourth-order valence-electron chi connectivity index (χ4n) is 3.22. The highest BCUT2D eigenvalue weighted by molar-refractivity contribution is 7.71. The second kappa shape index (κ2) is 12.2. The number of nitrogens with one attached hydrogen (secondary N) is 1. The van der Waals surface area contributed by atoms with Crippen molar-refractivity contribution in [3.63, 3.8) is 0 Å². The number of hydrogen-bond donors (Lipinski definition) is 3. The number of rotatable bonds is 9. The highest BCUT2D eigenvalue weighted by Crippen LogP contribution is 2.32. The van der Waals surface area contributed by atoms with Crippen LogP contribution < -0.4 is 5.32 Å². The second-order valence-corrected chi connectivity index (χ2v) is 10.1. The number of aliphatic carboxylic acids is 2. The number of hydrogen-bond acceptors (Lipinski definition) is 7. The van der Waals surface area contributed by atoms with Crippen molar-refractivity contribution in [2.45, 2.75) is 77.3 Å². The van der Waals surface area contributed by atoms with Gasteiger partial charge in [-0.1, -0.05) is 0 Å². The SMILES string of the molecule is CC1(C)[CH][CH]CC(C)(C)N1.O=C(O)CCCC(CC=S(=O)=O)(CC=S(=O)=O)C(=O)O. The molecule has 9 nitrogen and oxygen atoms in total. The summed E-state index contributed by atoms with van der Waals surface area (Å²) < 4.78 is 42.1. The Morgan fingerprint density at radius 2 is 1.53 bits per heavy atom. The molecule has 0 spiro atoms. The molecule has 0 saturated carbocycles. The van der Waals surface area contributed by atoms with Gasteiger partial charge >= 0.3 is 11.9 Å². The van der Waals surface area contributed by atoms with E-state index in [4.69, 9.17) is 5.11 Å². The lowest BCUT2D eigenvalue weighted by atomic mass is 9.78. The van der Waals surface area contributed by atoms with Crippen LogP contribution >= 0.6 is 0 Å². The molecule has 30 heavy (non-hydrogen) atoms. The Balaban J connectivity index is 0.000000696. The van der Waals surface area contributed by atoms with E-state index in [1.54, 1.807) is 0 Å². The molecule has 0 unspecified atom stereocenters. The Bertz CT molecular complexity index is 802. The predicted molar refractivity (Wildman–Crippen MR) is 115 cm³/mol. The maximum Gasteiger partial charge on any atom is 0.310 e. The first-order valence-electron chi connectivity index (χ1n) is 9.36. The van der Waals surface area contributed by atoms with Crippen LogP contribution in [0, 0.1) is 18.3 Å².